The second-order valence-electron chi connectivity index (χ2n) is 7.42. The van der Waals surface area contributed by atoms with E-state index in [1.165, 1.54) is 49.0 Å². The molecule has 6 aromatic rings. The van der Waals surface area contributed by atoms with E-state index in [2.05, 4.69) is 97.9 Å². The quantitative estimate of drug-likeness (QED) is 0.273. The van der Waals surface area contributed by atoms with E-state index in [4.69, 9.17) is 4.42 Å². The van der Waals surface area contributed by atoms with E-state index < -0.39 is 0 Å². The lowest BCUT2D eigenvalue weighted by atomic mass is 9.95. The third-order valence-corrected chi connectivity index (χ3v) is 5.80. The molecular formula is C27H18O. The van der Waals surface area contributed by atoms with Crippen LogP contribution in [0.2, 0.25) is 0 Å². The molecule has 0 saturated heterocycles. The van der Waals surface area contributed by atoms with Crippen molar-refractivity contribution in [2.75, 3.05) is 0 Å². The van der Waals surface area contributed by atoms with Crippen molar-refractivity contribution in [3.8, 4) is 11.1 Å². The molecule has 5 aromatic carbocycles. The minimum Gasteiger partial charge on any atom is -0.455 e. The number of furan rings is 1. The third-order valence-electron chi connectivity index (χ3n) is 5.80. The zero-order chi connectivity index (χ0) is 18.7. The van der Waals surface area contributed by atoms with Gasteiger partial charge in [-0.05, 0) is 45.7 Å². The molecule has 1 heterocycles. The molecule has 0 amide bonds. The molecule has 1 aromatic heterocycles. The second kappa shape index (κ2) is 5.71. The summed E-state index contributed by atoms with van der Waals surface area (Å²) in [5, 5.41) is 7.46. The van der Waals surface area contributed by atoms with Gasteiger partial charge in [-0.2, -0.15) is 0 Å². The SMILES string of the molecule is Cc1ccc2c(oc3ccc4c5ccccc5ccc4c32)c1-c1ccccc1. The Labute approximate surface area is 162 Å². The van der Waals surface area contributed by atoms with Crippen LogP contribution in [0, 0.1) is 6.92 Å². The number of aryl methyl sites for hydroxylation is 1. The van der Waals surface area contributed by atoms with Gasteiger partial charge in [-0.25, -0.2) is 0 Å². The zero-order valence-corrected chi connectivity index (χ0v) is 15.6. The fourth-order valence-corrected chi connectivity index (χ4v) is 4.49. The molecule has 0 aliphatic heterocycles. The topological polar surface area (TPSA) is 13.1 Å². The summed E-state index contributed by atoms with van der Waals surface area (Å²) in [5.41, 5.74) is 5.53. The first-order valence-corrected chi connectivity index (χ1v) is 9.63. The summed E-state index contributed by atoms with van der Waals surface area (Å²) in [5.74, 6) is 0. The largest absolute Gasteiger partial charge is 0.455 e. The smallest absolute Gasteiger partial charge is 0.143 e. The van der Waals surface area contributed by atoms with Crippen molar-refractivity contribution in [2.45, 2.75) is 6.92 Å². The van der Waals surface area contributed by atoms with Crippen molar-refractivity contribution in [2.24, 2.45) is 0 Å². The minimum absolute atomic E-state index is 0.945. The maximum absolute atomic E-state index is 6.44. The molecule has 0 radical (unpaired) electrons. The summed E-state index contributed by atoms with van der Waals surface area (Å²) in [4.78, 5) is 0. The van der Waals surface area contributed by atoms with Crippen molar-refractivity contribution in [3.63, 3.8) is 0 Å². The van der Waals surface area contributed by atoms with E-state index in [-0.39, 0.29) is 0 Å². The van der Waals surface area contributed by atoms with Gasteiger partial charge in [0.2, 0.25) is 0 Å². The van der Waals surface area contributed by atoms with Gasteiger partial charge >= 0.3 is 0 Å². The maximum atomic E-state index is 6.44. The van der Waals surface area contributed by atoms with Crippen molar-refractivity contribution in [3.05, 3.63) is 96.6 Å². The highest BCUT2D eigenvalue weighted by Crippen LogP contribution is 2.41. The Morgan fingerprint density at radius 1 is 0.571 bits per heavy atom. The van der Waals surface area contributed by atoms with E-state index >= 15 is 0 Å². The zero-order valence-electron chi connectivity index (χ0n) is 15.6. The molecule has 0 fully saturated rings. The van der Waals surface area contributed by atoms with Crippen LogP contribution in [0.1, 0.15) is 5.56 Å². The second-order valence-corrected chi connectivity index (χ2v) is 7.42. The lowest BCUT2D eigenvalue weighted by Crippen LogP contribution is -1.84. The molecule has 0 aliphatic carbocycles. The van der Waals surface area contributed by atoms with Crippen LogP contribution in [0.25, 0.3) is 54.6 Å². The van der Waals surface area contributed by atoms with Crippen LogP contribution in [0.5, 0.6) is 0 Å². The highest BCUT2D eigenvalue weighted by atomic mass is 16.3. The van der Waals surface area contributed by atoms with Gasteiger partial charge in [0, 0.05) is 16.3 Å². The Kier molecular flexibility index (Phi) is 3.15. The molecule has 28 heavy (non-hydrogen) atoms. The fraction of sp³-hybridized carbons (Fsp3) is 0.0370. The third kappa shape index (κ3) is 2.07. The van der Waals surface area contributed by atoms with Gasteiger partial charge in [0.1, 0.15) is 11.2 Å². The summed E-state index contributed by atoms with van der Waals surface area (Å²) in [6.45, 7) is 2.15. The molecule has 0 spiro atoms. The number of fused-ring (bicyclic) bond motifs is 7. The molecule has 0 atom stereocenters. The van der Waals surface area contributed by atoms with Crippen LogP contribution in [0.3, 0.4) is 0 Å². The number of hydrogen-bond acceptors (Lipinski definition) is 1. The average Bonchev–Trinajstić information content (AvgIpc) is 3.12. The molecule has 0 bridgehead atoms. The van der Waals surface area contributed by atoms with Gasteiger partial charge < -0.3 is 4.42 Å². The van der Waals surface area contributed by atoms with Crippen LogP contribution in [-0.4, -0.2) is 0 Å². The summed E-state index contributed by atoms with van der Waals surface area (Å²) in [6.07, 6.45) is 0. The predicted molar refractivity (Wildman–Crippen MR) is 119 cm³/mol. The minimum atomic E-state index is 0.945. The van der Waals surface area contributed by atoms with E-state index in [0.717, 1.165) is 11.2 Å². The summed E-state index contributed by atoms with van der Waals surface area (Å²) >= 11 is 0. The lowest BCUT2D eigenvalue weighted by molar-refractivity contribution is 0.670. The molecule has 1 nitrogen and oxygen atoms in total. The normalized spacial score (nSPS) is 11.8. The van der Waals surface area contributed by atoms with Gasteiger partial charge in [-0.1, -0.05) is 84.9 Å². The number of rotatable bonds is 1. The van der Waals surface area contributed by atoms with Gasteiger partial charge in [-0.15, -0.1) is 0 Å². The monoisotopic (exact) mass is 358 g/mol. The summed E-state index contributed by atoms with van der Waals surface area (Å²) in [6, 6.07) is 32.3. The molecule has 0 saturated carbocycles. The first kappa shape index (κ1) is 15.5. The van der Waals surface area contributed by atoms with Crippen molar-refractivity contribution in [1.82, 2.24) is 0 Å². The van der Waals surface area contributed by atoms with Gasteiger partial charge in [-0.3, -0.25) is 0 Å². The van der Waals surface area contributed by atoms with Gasteiger partial charge in [0.25, 0.3) is 0 Å². The van der Waals surface area contributed by atoms with E-state index in [0.29, 0.717) is 0 Å². The van der Waals surface area contributed by atoms with Crippen molar-refractivity contribution < 1.29 is 4.42 Å². The summed E-state index contributed by atoms with van der Waals surface area (Å²) in [7, 11) is 0. The van der Waals surface area contributed by atoms with E-state index in [1.54, 1.807) is 0 Å². The van der Waals surface area contributed by atoms with Crippen LogP contribution >= 0.6 is 0 Å². The number of hydrogen-bond donors (Lipinski definition) is 0. The van der Waals surface area contributed by atoms with Gasteiger partial charge in [0.05, 0.1) is 0 Å². The fourth-order valence-electron chi connectivity index (χ4n) is 4.49. The van der Waals surface area contributed by atoms with Crippen LogP contribution < -0.4 is 0 Å². The van der Waals surface area contributed by atoms with Crippen LogP contribution in [-0.2, 0) is 0 Å². The molecule has 0 unspecified atom stereocenters. The predicted octanol–water partition coefficient (Wildman–Crippen LogP) is 7.87. The Bertz CT molecular complexity index is 1500. The lowest BCUT2D eigenvalue weighted by Gasteiger charge is -2.07. The maximum Gasteiger partial charge on any atom is 0.143 e. The molecule has 0 N–H and O–H groups in total. The molecule has 132 valence electrons. The Morgan fingerprint density at radius 3 is 2.21 bits per heavy atom. The average molecular weight is 358 g/mol. The Hall–Kier alpha value is -3.58. The molecular weight excluding hydrogens is 340 g/mol. The molecule has 0 aliphatic rings. The first-order chi connectivity index (χ1) is 13.8. The van der Waals surface area contributed by atoms with E-state index in [1.807, 2.05) is 0 Å². The van der Waals surface area contributed by atoms with E-state index in [9.17, 15) is 0 Å². The highest BCUT2D eigenvalue weighted by Gasteiger charge is 2.16. The summed E-state index contributed by atoms with van der Waals surface area (Å²) < 4.78 is 6.44. The molecule has 6 rings (SSSR count). The van der Waals surface area contributed by atoms with Crippen molar-refractivity contribution >= 4 is 43.5 Å². The van der Waals surface area contributed by atoms with Crippen molar-refractivity contribution in [1.29, 1.82) is 0 Å². The Balaban J connectivity index is 1.80. The van der Waals surface area contributed by atoms with Crippen LogP contribution in [0.4, 0.5) is 0 Å². The number of benzene rings is 5. The standard InChI is InChI=1S/C27H18O/c1-17-11-13-23-26-22-14-12-18-7-5-6-10-20(18)21(22)15-16-24(26)28-27(23)25(17)19-8-3-2-4-9-19/h2-16H,1H3. The first-order valence-electron chi connectivity index (χ1n) is 9.63. The Morgan fingerprint density at radius 2 is 1.32 bits per heavy atom. The molecule has 1 heteroatoms. The van der Waals surface area contributed by atoms with Gasteiger partial charge in [0.15, 0.2) is 0 Å². The van der Waals surface area contributed by atoms with Crippen LogP contribution in [0.15, 0.2) is 95.4 Å². The highest BCUT2D eigenvalue weighted by molar-refractivity contribution is 6.24.